The molecule has 5 nitrogen and oxygen atoms in total. The highest BCUT2D eigenvalue weighted by Gasteiger charge is 2.10. The molecule has 121 valence electrons. The number of benzene rings is 2. The van der Waals surface area contributed by atoms with Crippen molar-refractivity contribution < 1.29 is 4.79 Å². The minimum Gasteiger partial charge on any atom is -0.355 e. The molecular weight excluding hydrogens is 392 g/mol. The van der Waals surface area contributed by atoms with Crippen LogP contribution in [0.2, 0.25) is 5.02 Å². The van der Waals surface area contributed by atoms with Gasteiger partial charge in [0.25, 0.3) is 5.91 Å². The zero-order valence-electron chi connectivity index (χ0n) is 12.4. The number of carbonyl (C=O) groups is 1. The Hall–Kier alpha value is -2.31. The van der Waals surface area contributed by atoms with E-state index in [4.69, 9.17) is 17.3 Å². The summed E-state index contributed by atoms with van der Waals surface area (Å²) >= 11 is 9.49. The number of hydrogen-bond acceptors (Lipinski definition) is 3. The topological polar surface area (TPSA) is 81.6 Å². The van der Waals surface area contributed by atoms with Crippen molar-refractivity contribution in [2.24, 2.45) is 0 Å². The number of aromatic nitrogens is 2. The number of amides is 1. The standard InChI is InChI=1S/C17H13BrClN4O/c18-8-11-9-21-23-16(11)10-2-1-3-12(6-10)22-13-4-5-14(17(20)24)15(19)7-13/h1-7,9,20,22H,8H2,(H,21,23). The van der Waals surface area contributed by atoms with E-state index in [2.05, 4.69) is 31.4 Å². The first-order valence-electron chi connectivity index (χ1n) is 7.10. The number of alkyl halides is 1. The van der Waals surface area contributed by atoms with Gasteiger partial charge in [-0.25, -0.2) is 0 Å². The lowest BCUT2D eigenvalue weighted by atomic mass is 10.1. The van der Waals surface area contributed by atoms with E-state index < -0.39 is 5.91 Å². The Labute approximate surface area is 152 Å². The Balaban J connectivity index is 1.88. The molecule has 0 aliphatic heterocycles. The van der Waals surface area contributed by atoms with E-state index in [1.165, 1.54) is 0 Å². The van der Waals surface area contributed by atoms with Gasteiger partial charge in [-0.2, -0.15) is 5.10 Å². The average molecular weight is 405 g/mol. The van der Waals surface area contributed by atoms with Crippen molar-refractivity contribution in [3.8, 4) is 11.3 Å². The summed E-state index contributed by atoms with van der Waals surface area (Å²) < 4.78 is 0. The fourth-order valence-electron chi connectivity index (χ4n) is 2.35. The van der Waals surface area contributed by atoms with Crippen LogP contribution in [0.15, 0.2) is 48.7 Å². The molecule has 1 heterocycles. The van der Waals surface area contributed by atoms with Gasteiger partial charge < -0.3 is 5.32 Å². The summed E-state index contributed by atoms with van der Waals surface area (Å²) in [7, 11) is 0. The molecule has 3 N–H and O–H groups in total. The maximum Gasteiger partial charge on any atom is 0.271 e. The minimum atomic E-state index is -0.797. The number of aromatic amines is 1. The molecule has 1 aromatic heterocycles. The van der Waals surface area contributed by atoms with Gasteiger partial charge in [0.2, 0.25) is 0 Å². The van der Waals surface area contributed by atoms with Crippen LogP contribution in [0.5, 0.6) is 0 Å². The van der Waals surface area contributed by atoms with Crippen LogP contribution >= 0.6 is 27.5 Å². The van der Waals surface area contributed by atoms with Gasteiger partial charge in [-0.3, -0.25) is 15.6 Å². The lowest BCUT2D eigenvalue weighted by molar-refractivity contribution is 0.0992. The first kappa shape index (κ1) is 16.5. The van der Waals surface area contributed by atoms with E-state index in [1.54, 1.807) is 18.2 Å². The van der Waals surface area contributed by atoms with Crippen LogP contribution in [-0.4, -0.2) is 16.1 Å². The monoisotopic (exact) mass is 403 g/mol. The number of carbonyl (C=O) groups excluding carboxylic acids is 1. The van der Waals surface area contributed by atoms with Gasteiger partial charge in [0.1, 0.15) is 0 Å². The fourth-order valence-corrected chi connectivity index (χ4v) is 3.05. The Kier molecular flexibility index (Phi) is 4.87. The van der Waals surface area contributed by atoms with Gasteiger partial charge in [0, 0.05) is 34.0 Å². The molecule has 0 aliphatic rings. The Morgan fingerprint density at radius 3 is 2.75 bits per heavy atom. The van der Waals surface area contributed by atoms with E-state index in [9.17, 15) is 4.79 Å². The second kappa shape index (κ2) is 7.07. The molecule has 7 heteroatoms. The molecule has 0 saturated carbocycles. The van der Waals surface area contributed by atoms with Crippen molar-refractivity contribution in [3.05, 3.63) is 64.8 Å². The molecule has 0 fully saturated rings. The molecule has 3 rings (SSSR count). The van der Waals surface area contributed by atoms with Crippen LogP contribution in [0.3, 0.4) is 0 Å². The number of anilines is 2. The highest BCUT2D eigenvalue weighted by atomic mass is 79.9. The van der Waals surface area contributed by atoms with Crippen LogP contribution < -0.4 is 11.1 Å². The van der Waals surface area contributed by atoms with E-state index in [0.29, 0.717) is 5.33 Å². The summed E-state index contributed by atoms with van der Waals surface area (Å²) in [6.07, 6.45) is 1.86. The summed E-state index contributed by atoms with van der Waals surface area (Å²) in [5.74, 6) is -0.797. The number of hydrogen-bond donors (Lipinski definition) is 2. The van der Waals surface area contributed by atoms with Crippen LogP contribution in [0.1, 0.15) is 15.9 Å². The fraction of sp³-hybridized carbons (Fsp3) is 0.0588. The summed E-state index contributed by atoms with van der Waals surface area (Å²) in [6.45, 7) is 0. The van der Waals surface area contributed by atoms with Gasteiger partial charge >= 0.3 is 0 Å². The van der Waals surface area contributed by atoms with Crippen molar-refractivity contribution in [2.75, 3.05) is 5.32 Å². The van der Waals surface area contributed by atoms with Gasteiger partial charge in [-0.05, 0) is 30.3 Å². The van der Waals surface area contributed by atoms with E-state index in [1.807, 2.05) is 30.5 Å². The SMILES string of the molecule is [NH]C(=O)c1ccc(Nc2cccc(-c3n[nH]cc3CBr)c2)cc1Cl. The van der Waals surface area contributed by atoms with Gasteiger partial charge in [-0.1, -0.05) is 39.7 Å². The molecule has 24 heavy (non-hydrogen) atoms. The Morgan fingerprint density at radius 1 is 1.25 bits per heavy atom. The summed E-state index contributed by atoms with van der Waals surface area (Å²) in [6, 6.07) is 12.7. The molecule has 1 amide bonds. The molecule has 0 spiro atoms. The summed E-state index contributed by atoms with van der Waals surface area (Å²) in [5.41, 5.74) is 11.9. The number of H-pyrrole nitrogens is 1. The second-order valence-electron chi connectivity index (χ2n) is 5.12. The summed E-state index contributed by atoms with van der Waals surface area (Å²) in [4.78, 5) is 11.1. The van der Waals surface area contributed by atoms with Crippen LogP contribution in [0, 0.1) is 0 Å². The molecule has 1 radical (unpaired) electrons. The minimum absolute atomic E-state index is 0.189. The first-order valence-corrected chi connectivity index (χ1v) is 8.60. The third-order valence-electron chi connectivity index (χ3n) is 3.50. The van der Waals surface area contributed by atoms with E-state index >= 15 is 0 Å². The number of nitrogens with zero attached hydrogens (tertiary/aromatic N) is 1. The normalized spacial score (nSPS) is 10.6. The highest BCUT2D eigenvalue weighted by molar-refractivity contribution is 9.08. The first-order chi connectivity index (χ1) is 11.6. The van der Waals surface area contributed by atoms with E-state index in [-0.39, 0.29) is 10.6 Å². The van der Waals surface area contributed by atoms with Crippen LogP contribution in [0.25, 0.3) is 11.3 Å². The van der Waals surface area contributed by atoms with Gasteiger partial charge in [0.05, 0.1) is 16.3 Å². The molecule has 0 bridgehead atoms. The maximum atomic E-state index is 11.1. The number of halogens is 2. The summed E-state index contributed by atoms with van der Waals surface area (Å²) in [5, 5.41) is 11.4. The van der Waals surface area contributed by atoms with Crippen molar-refractivity contribution >= 4 is 44.8 Å². The third kappa shape index (κ3) is 3.44. The van der Waals surface area contributed by atoms with E-state index in [0.717, 1.165) is 28.2 Å². The van der Waals surface area contributed by atoms with Crippen LogP contribution in [-0.2, 0) is 5.33 Å². The lowest BCUT2D eigenvalue weighted by Gasteiger charge is -2.09. The zero-order valence-corrected chi connectivity index (χ0v) is 14.8. The Bertz CT molecular complexity index is 894. The average Bonchev–Trinajstić information content (AvgIpc) is 3.03. The number of rotatable bonds is 5. The molecule has 0 saturated heterocycles. The maximum absolute atomic E-state index is 11.1. The van der Waals surface area contributed by atoms with Crippen molar-refractivity contribution in [1.82, 2.24) is 15.9 Å². The highest BCUT2D eigenvalue weighted by Crippen LogP contribution is 2.28. The predicted molar refractivity (Wildman–Crippen MR) is 98.8 cm³/mol. The van der Waals surface area contributed by atoms with Crippen molar-refractivity contribution in [1.29, 1.82) is 0 Å². The number of nitrogens with one attached hydrogen (secondary N) is 3. The quantitative estimate of drug-likeness (QED) is 0.600. The predicted octanol–water partition coefficient (Wildman–Crippen LogP) is 4.79. The van der Waals surface area contributed by atoms with Crippen molar-refractivity contribution in [2.45, 2.75) is 5.33 Å². The lowest BCUT2D eigenvalue weighted by Crippen LogP contribution is -2.00. The van der Waals surface area contributed by atoms with Crippen molar-refractivity contribution in [3.63, 3.8) is 0 Å². The van der Waals surface area contributed by atoms with Gasteiger partial charge in [-0.15, -0.1) is 0 Å². The zero-order chi connectivity index (χ0) is 17.1. The smallest absolute Gasteiger partial charge is 0.271 e. The molecule has 0 unspecified atom stereocenters. The molecule has 2 aromatic carbocycles. The molecule has 0 aliphatic carbocycles. The van der Waals surface area contributed by atoms with Gasteiger partial charge in [0.15, 0.2) is 0 Å². The van der Waals surface area contributed by atoms with Crippen LogP contribution in [0.4, 0.5) is 11.4 Å². The Morgan fingerprint density at radius 2 is 2.04 bits per heavy atom. The molecule has 3 aromatic rings. The third-order valence-corrected chi connectivity index (χ3v) is 4.42. The molecule has 0 atom stereocenters. The molecular formula is C17H13BrClN4O. The largest absolute Gasteiger partial charge is 0.355 e. The second-order valence-corrected chi connectivity index (χ2v) is 6.09.